The number of nitrogens with zero attached hydrogens (tertiary/aromatic N) is 4. The molecule has 1 unspecified atom stereocenters. The maximum atomic E-state index is 14.6. The molecule has 1 amide bonds. The van der Waals surface area contributed by atoms with Gasteiger partial charge in [-0.2, -0.15) is 13.9 Å². The molecule has 1 N–H and O–H groups in total. The summed E-state index contributed by atoms with van der Waals surface area (Å²) in [4.78, 5) is 20.7. The number of hydrogen-bond acceptors (Lipinski definition) is 5. The van der Waals surface area contributed by atoms with Crippen LogP contribution in [0, 0.1) is 0 Å². The number of pyridine rings is 2. The Labute approximate surface area is 196 Å². The average molecular weight is 480 g/mol. The van der Waals surface area contributed by atoms with Gasteiger partial charge in [0.05, 0.1) is 27.7 Å². The van der Waals surface area contributed by atoms with E-state index in [1.165, 1.54) is 30.8 Å². The molecule has 10 heteroatoms. The molecule has 3 aromatic heterocycles. The van der Waals surface area contributed by atoms with Crippen molar-refractivity contribution < 1.29 is 17.8 Å². The van der Waals surface area contributed by atoms with Crippen LogP contribution in [0.4, 0.5) is 14.5 Å². The minimum atomic E-state index is -3.33. The van der Waals surface area contributed by atoms with Crippen molar-refractivity contribution >= 4 is 22.4 Å². The Hall–Kier alpha value is -4.05. The minimum absolute atomic E-state index is 0.174. The quantitative estimate of drug-likeness (QED) is 0.392. The predicted octanol–water partition coefficient (Wildman–Crippen LogP) is 4.60. The summed E-state index contributed by atoms with van der Waals surface area (Å²) in [5.41, 5.74) is 1.53. The first kappa shape index (κ1) is 23.1. The highest BCUT2D eigenvalue weighted by Crippen LogP contribution is 2.34. The van der Waals surface area contributed by atoms with Crippen molar-refractivity contribution in [2.24, 2.45) is 0 Å². The highest BCUT2D eigenvalue weighted by Gasteiger charge is 2.33. The number of nitrogens with one attached hydrogen (secondary N) is 1. The molecule has 0 aliphatic rings. The number of halogens is 2. The van der Waals surface area contributed by atoms with Crippen molar-refractivity contribution in [2.75, 3.05) is 11.6 Å². The first-order chi connectivity index (χ1) is 16.3. The molecule has 1 aromatic carbocycles. The first-order valence-electron chi connectivity index (χ1n) is 10.0. The van der Waals surface area contributed by atoms with Crippen LogP contribution in [0.25, 0.3) is 16.9 Å². The molecule has 34 heavy (non-hydrogen) atoms. The standard InChI is InChI=1S/C24H19F2N5O2S/c1-3-24(25,26)21-14-20(16-6-4-12-27-15-16)30-31(21)18-10-8-17(9-11-18)29-22(32)19-7-5-13-28-23(19)34(2)33/h3-15H,1H2,2H3,(H,29,32). The highest BCUT2D eigenvalue weighted by atomic mass is 32.2. The van der Waals surface area contributed by atoms with Gasteiger partial charge in [0.15, 0.2) is 0 Å². The third-order valence-electron chi connectivity index (χ3n) is 4.92. The van der Waals surface area contributed by atoms with E-state index in [0.717, 1.165) is 4.68 Å². The summed E-state index contributed by atoms with van der Waals surface area (Å²) in [5.74, 6) is -3.81. The Balaban J connectivity index is 1.65. The van der Waals surface area contributed by atoms with E-state index < -0.39 is 22.6 Å². The number of carbonyl (C=O) groups is 1. The van der Waals surface area contributed by atoms with Crippen LogP contribution in [-0.2, 0) is 16.7 Å². The number of hydrogen-bond donors (Lipinski definition) is 1. The molecule has 0 aliphatic carbocycles. The van der Waals surface area contributed by atoms with E-state index in [1.54, 1.807) is 48.7 Å². The lowest BCUT2D eigenvalue weighted by atomic mass is 10.1. The van der Waals surface area contributed by atoms with Crippen LogP contribution < -0.4 is 5.32 Å². The van der Waals surface area contributed by atoms with Crippen LogP contribution in [-0.4, -0.2) is 36.1 Å². The lowest BCUT2D eigenvalue weighted by molar-refractivity contribution is 0.0449. The molecule has 0 saturated carbocycles. The molecule has 0 radical (unpaired) electrons. The van der Waals surface area contributed by atoms with Crippen molar-refractivity contribution in [1.82, 2.24) is 19.7 Å². The van der Waals surface area contributed by atoms with Crippen LogP contribution in [0.5, 0.6) is 0 Å². The van der Waals surface area contributed by atoms with Crippen molar-refractivity contribution in [2.45, 2.75) is 10.9 Å². The SMILES string of the molecule is C=CC(F)(F)c1cc(-c2cccnc2)nn1-c1ccc(NC(=O)c2cccnc2S(C)=O)cc1. The van der Waals surface area contributed by atoms with Crippen LogP contribution >= 0.6 is 0 Å². The monoisotopic (exact) mass is 479 g/mol. The summed E-state index contributed by atoms with van der Waals surface area (Å²) in [5, 5.41) is 7.23. The largest absolute Gasteiger partial charge is 0.322 e. The smallest absolute Gasteiger partial charge is 0.308 e. The van der Waals surface area contributed by atoms with Gasteiger partial charge in [0.1, 0.15) is 10.7 Å². The molecule has 0 saturated heterocycles. The van der Waals surface area contributed by atoms with Gasteiger partial charge in [-0.05, 0) is 60.7 Å². The zero-order valence-electron chi connectivity index (χ0n) is 18.0. The van der Waals surface area contributed by atoms with Gasteiger partial charge in [0, 0.05) is 36.1 Å². The maximum Gasteiger partial charge on any atom is 0.308 e. The second-order valence-electron chi connectivity index (χ2n) is 7.21. The molecule has 4 rings (SSSR count). The van der Waals surface area contributed by atoms with Gasteiger partial charge in [-0.25, -0.2) is 9.67 Å². The fourth-order valence-corrected chi connectivity index (χ4v) is 3.93. The summed E-state index contributed by atoms with van der Waals surface area (Å²) in [6.45, 7) is 3.24. The van der Waals surface area contributed by atoms with E-state index in [4.69, 9.17) is 0 Å². The van der Waals surface area contributed by atoms with Gasteiger partial charge < -0.3 is 5.32 Å². The third kappa shape index (κ3) is 4.67. The molecule has 0 fully saturated rings. The fraction of sp³-hybridized carbons (Fsp3) is 0.0833. The van der Waals surface area contributed by atoms with Gasteiger partial charge in [0.25, 0.3) is 5.91 Å². The molecule has 0 spiro atoms. The van der Waals surface area contributed by atoms with Gasteiger partial charge in [-0.15, -0.1) is 0 Å². The second kappa shape index (κ2) is 9.44. The lowest BCUT2D eigenvalue weighted by Gasteiger charge is -2.14. The number of alkyl halides is 2. The van der Waals surface area contributed by atoms with Crippen LogP contribution in [0.15, 0.2) is 90.9 Å². The average Bonchev–Trinajstić information content (AvgIpc) is 3.31. The van der Waals surface area contributed by atoms with Crippen molar-refractivity contribution in [3.05, 3.63) is 97.1 Å². The zero-order valence-corrected chi connectivity index (χ0v) is 18.8. The number of anilines is 1. The van der Waals surface area contributed by atoms with Crippen molar-refractivity contribution in [1.29, 1.82) is 0 Å². The number of allylic oxidation sites excluding steroid dienone is 1. The van der Waals surface area contributed by atoms with E-state index >= 15 is 0 Å². The minimum Gasteiger partial charge on any atom is -0.322 e. The molecule has 4 aromatic rings. The maximum absolute atomic E-state index is 14.6. The molecular formula is C24H19F2N5O2S. The zero-order chi connectivity index (χ0) is 24.3. The Morgan fingerprint density at radius 2 is 1.88 bits per heavy atom. The third-order valence-corrected chi connectivity index (χ3v) is 5.79. The van der Waals surface area contributed by atoms with E-state index in [0.29, 0.717) is 28.7 Å². The van der Waals surface area contributed by atoms with Gasteiger partial charge in [0.2, 0.25) is 0 Å². The van der Waals surface area contributed by atoms with E-state index in [1.807, 2.05) is 0 Å². The number of rotatable bonds is 7. The normalized spacial score (nSPS) is 12.2. The van der Waals surface area contributed by atoms with Gasteiger partial charge in [-0.1, -0.05) is 6.58 Å². The van der Waals surface area contributed by atoms with Crippen molar-refractivity contribution in [3.63, 3.8) is 0 Å². The van der Waals surface area contributed by atoms with Crippen LogP contribution in [0.1, 0.15) is 16.1 Å². The molecule has 3 heterocycles. The summed E-state index contributed by atoms with van der Waals surface area (Å²) in [7, 11) is -1.44. The topological polar surface area (TPSA) is 89.8 Å². The molecule has 172 valence electrons. The molecule has 0 bridgehead atoms. The first-order valence-corrected chi connectivity index (χ1v) is 11.6. The summed E-state index contributed by atoms with van der Waals surface area (Å²) < 4.78 is 42.2. The number of aromatic nitrogens is 4. The van der Waals surface area contributed by atoms with Gasteiger partial charge >= 0.3 is 5.92 Å². The summed E-state index contributed by atoms with van der Waals surface area (Å²) >= 11 is 0. The Bertz CT molecular complexity index is 1370. The molecule has 7 nitrogen and oxygen atoms in total. The second-order valence-corrected chi connectivity index (χ2v) is 8.50. The number of benzene rings is 1. The Morgan fingerprint density at radius 1 is 1.15 bits per heavy atom. The fourth-order valence-electron chi connectivity index (χ4n) is 3.25. The highest BCUT2D eigenvalue weighted by molar-refractivity contribution is 7.84. The molecule has 1 atom stereocenters. The van der Waals surface area contributed by atoms with Crippen LogP contribution in [0.3, 0.4) is 0 Å². The number of carbonyl (C=O) groups excluding carboxylic acids is 1. The molecule has 0 aliphatic heterocycles. The van der Waals surface area contributed by atoms with E-state index in [2.05, 4.69) is 27.0 Å². The summed E-state index contributed by atoms with van der Waals surface area (Å²) in [6, 6.07) is 14.1. The van der Waals surface area contributed by atoms with Gasteiger partial charge in [-0.3, -0.25) is 14.0 Å². The predicted molar refractivity (Wildman–Crippen MR) is 125 cm³/mol. The van der Waals surface area contributed by atoms with E-state index in [-0.39, 0.29) is 16.3 Å². The summed E-state index contributed by atoms with van der Waals surface area (Å²) in [6.07, 6.45) is 6.58. The molecular weight excluding hydrogens is 460 g/mol. The van der Waals surface area contributed by atoms with Crippen molar-refractivity contribution in [3.8, 4) is 16.9 Å². The Kier molecular flexibility index (Phi) is 6.42. The Morgan fingerprint density at radius 3 is 2.53 bits per heavy atom. The lowest BCUT2D eigenvalue weighted by Crippen LogP contribution is -2.16. The van der Waals surface area contributed by atoms with Crippen LogP contribution in [0.2, 0.25) is 0 Å². The van der Waals surface area contributed by atoms with E-state index in [9.17, 15) is 17.8 Å². The number of amides is 1.